The van der Waals surface area contributed by atoms with Gasteiger partial charge < -0.3 is 5.73 Å². The smallest absolute Gasteiger partial charge is 0.0557 e. The number of hydrogen-bond acceptors (Lipinski definition) is 2. The molecule has 2 N–H and O–H groups in total. The summed E-state index contributed by atoms with van der Waals surface area (Å²) in [5.41, 5.74) is 8.27. The molecule has 0 aromatic carbocycles. The van der Waals surface area contributed by atoms with Crippen LogP contribution in [-0.4, -0.2) is 4.98 Å². The number of nitrogens with two attached hydrogens (primary N) is 1. The maximum Gasteiger partial charge on any atom is 0.0557 e. The van der Waals surface area contributed by atoms with E-state index in [9.17, 15) is 0 Å². The lowest BCUT2D eigenvalue weighted by atomic mass is 10.1. The fourth-order valence-corrected chi connectivity index (χ4v) is 1.05. The molecule has 0 aliphatic carbocycles. The molecular weight excluding hydrogens is 148 g/mol. The fourth-order valence-electron chi connectivity index (χ4n) is 1.05. The second kappa shape index (κ2) is 3.89. The normalized spacial score (nSPS) is 9.42. The summed E-state index contributed by atoms with van der Waals surface area (Å²) >= 11 is 0. The van der Waals surface area contributed by atoms with Crippen molar-refractivity contribution in [3.8, 4) is 12.3 Å². The summed E-state index contributed by atoms with van der Waals surface area (Å²) in [5, 5.41) is 0. The minimum Gasteiger partial charge on any atom is -0.326 e. The van der Waals surface area contributed by atoms with Crippen LogP contribution in [0.4, 0.5) is 0 Å². The molecule has 1 aromatic rings. The minimum absolute atomic E-state index is 0.492. The van der Waals surface area contributed by atoms with E-state index in [0.29, 0.717) is 6.54 Å². The highest BCUT2D eigenvalue weighted by atomic mass is 14.7. The van der Waals surface area contributed by atoms with Crippen molar-refractivity contribution in [2.45, 2.75) is 19.9 Å². The van der Waals surface area contributed by atoms with Crippen LogP contribution in [0.2, 0.25) is 0 Å². The summed E-state index contributed by atoms with van der Waals surface area (Å²) in [5.74, 6) is 2.60. The van der Waals surface area contributed by atoms with E-state index in [1.165, 1.54) is 0 Å². The second-order valence-electron chi connectivity index (χ2n) is 2.54. The lowest BCUT2D eigenvalue weighted by Gasteiger charge is -2.02. The molecule has 0 spiro atoms. The Balaban J connectivity index is 3.13. The molecule has 0 bridgehead atoms. The monoisotopic (exact) mass is 160 g/mol. The van der Waals surface area contributed by atoms with Gasteiger partial charge in [0.1, 0.15) is 0 Å². The molecular formula is C10H12N2. The molecule has 0 fully saturated rings. The molecule has 0 saturated heterocycles. The van der Waals surface area contributed by atoms with Gasteiger partial charge >= 0.3 is 0 Å². The molecule has 0 radical (unpaired) electrons. The maximum atomic E-state index is 5.46. The van der Waals surface area contributed by atoms with Crippen molar-refractivity contribution in [1.29, 1.82) is 0 Å². The molecule has 0 amide bonds. The number of aromatic nitrogens is 1. The average Bonchev–Trinajstić information content (AvgIpc) is 2.16. The predicted molar refractivity (Wildman–Crippen MR) is 49.4 cm³/mol. The van der Waals surface area contributed by atoms with Crippen LogP contribution in [0, 0.1) is 12.3 Å². The standard InChI is InChI=1S/C10H12N2/c1-3-9-5-8(6-11)7-12-10(9)4-2/h1,5,7H,4,6,11H2,2H3. The molecule has 2 nitrogen and oxygen atoms in total. The Labute approximate surface area is 72.8 Å². The van der Waals surface area contributed by atoms with Gasteiger partial charge in [0.15, 0.2) is 0 Å². The van der Waals surface area contributed by atoms with Gasteiger partial charge in [0.25, 0.3) is 0 Å². The molecule has 62 valence electrons. The lowest BCUT2D eigenvalue weighted by molar-refractivity contribution is 0.982. The van der Waals surface area contributed by atoms with Crippen molar-refractivity contribution < 1.29 is 0 Å². The highest BCUT2D eigenvalue weighted by Crippen LogP contribution is 2.07. The van der Waals surface area contributed by atoms with Gasteiger partial charge in [-0.2, -0.15) is 0 Å². The quantitative estimate of drug-likeness (QED) is 0.657. The van der Waals surface area contributed by atoms with Crippen LogP contribution < -0.4 is 5.73 Å². The average molecular weight is 160 g/mol. The zero-order valence-electron chi connectivity index (χ0n) is 7.17. The summed E-state index contributed by atoms with van der Waals surface area (Å²) < 4.78 is 0. The number of rotatable bonds is 2. The molecule has 0 aliphatic heterocycles. The molecule has 2 heteroatoms. The largest absolute Gasteiger partial charge is 0.326 e. The van der Waals surface area contributed by atoms with Gasteiger partial charge in [0, 0.05) is 18.3 Å². The molecule has 0 unspecified atom stereocenters. The first-order valence-electron chi connectivity index (χ1n) is 3.96. The molecule has 0 saturated carbocycles. The Hall–Kier alpha value is -1.33. The van der Waals surface area contributed by atoms with E-state index in [1.54, 1.807) is 6.20 Å². The number of terminal acetylenes is 1. The van der Waals surface area contributed by atoms with Gasteiger partial charge in [-0.1, -0.05) is 12.8 Å². The topological polar surface area (TPSA) is 38.9 Å². The Kier molecular flexibility index (Phi) is 2.84. The highest BCUT2D eigenvalue weighted by molar-refractivity contribution is 5.38. The molecule has 0 aliphatic rings. The molecule has 1 aromatic heterocycles. The Morgan fingerprint density at radius 2 is 2.42 bits per heavy atom. The van der Waals surface area contributed by atoms with E-state index in [4.69, 9.17) is 12.2 Å². The zero-order chi connectivity index (χ0) is 8.97. The number of nitrogens with zero attached hydrogens (tertiary/aromatic N) is 1. The highest BCUT2D eigenvalue weighted by Gasteiger charge is 1.99. The minimum atomic E-state index is 0.492. The van der Waals surface area contributed by atoms with Crippen LogP contribution in [0.5, 0.6) is 0 Å². The lowest BCUT2D eigenvalue weighted by Crippen LogP contribution is -2.00. The summed E-state index contributed by atoms with van der Waals surface area (Å²) in [7, 11) is 0. The maximum absolute atomic E-state index is 5.46. The number of pyridine rings is 1. The Morgan fingerprint density at radius 3 is 2.92 bits per heavy atom. The van der Waals surface area contributed by atoms with E-state index in [0.717, 1.165) is 23.2 Å². The van der Waals surface area contributed by atoms with E-state index in [-0.39, 0.29) is 0 Å². The van der Waals surface area contributed by atoms with Crippen molar-refractivity contribution in [3.63, 3.8) is 0 Å². The van der Waals surface area contributed by atoms with Crippen LogP contribution in [0.1, 0.15) is 23.7 Å². The first-order valence-corrected chi connectivity index (χ1v) is 3.96. The van der Waals surface area contributed by atoms with E-state index < -0.39 is 0 Å². The van der Waals surface area contributed by atoms with Crippen molar-refractivity contribution in [3.05, 3.63) is 29.1 Å². The fraction of sp³-hybridized carbons (Fsp3) is 0.300. The van der Waals surface area contributed by atoms with Crippen molar-refractivity contribution >= 4 is 0 Å². The second-order valence-corrected chi connectivity index (χ2v) is 2.54. The van der Waals surface area contributed by atoms with Crippen LogP contribution in [0.15, 0.2) is 12.3 Å². The summed E-state index contributed by atoms with van der Waals surface area (Å²) in [4.78, 5) is 4.22. The Morgan fingerprint density at radius 1 is 1.67 bits per heavy atom. The van der Waals surface area contributed by atoms with Crippen LogP contribution >= 0.6 is 0 Å². The molecule has 0 atom stereocenters. The van der Waals surface area contributed by atoms with Crippen molar-refractivity contribution in [2.24, 2.45) is 5.73 Å². The van der Waals surface area contributed by atoms with Gasteiger partial charge in [-0.05, 0) is 18.1 Å². The summed E-state index contributed by atoms with van der Waals surface area (Å²) in [6.45, 7) is 2.52. The van der Waals surface area contributed by atoms with Gasteiger partial charge in [-0.25, -0.2) is 0 Å². The predicted octanol–water partition coefficient (Wildman–Crippen LogP) is 1.08. The third-order valence-electron chi connectivity index (χ3n) is 1.75. The third-order valence-corrected chi connectivity index (χ3v) is 1.75. The molecule has 12 heavy (non-hydrogen) atoms. The van der Waals surface area contributed by atoms with Gasteiger partial charge in [0.2, 0.25) is 0 Å². The summed E-state index contributed by atoms with van der Waals surface area (Å²) in [6.07, 6.45) is 7.96. The van der Waals surface area contributed by atoms with Gasteiger partial charge in [-0.3, -0.25) is 4.98 Å². The third kappa shape index (κ3) is 1.63. The SMILES string of the molecule is C#Cc1cc(CN)cnc1CC. The van der Waals surface area contributed by atoms with Gasteiger partial charge in [-0.15, -0.1) is 6.42 Å². The van der Waals surface area contributed by atoms with Gasteiger partial charge in [0.05, 0.1) is 5.69 Å². The number of aryl methyl sites for hydroxylation is 1. The zero-order valence-corrected chi connectivity index (χ0v) is 7.17. The van der Waals surface area contributed by atoms with Crippen LogP contribution in [-0.2, 0) is 13.0 Å². The van der Waals surface area contributed by atoms with Crippen molar-refractivity contribution in [1.82, 2.24) is 4.98 Å². The summed E-state index contributed by atoms with van der Waals surface area (Å²) in [6, 6.07) is 1.92. The molecule has 1 heterocycles. The Bertz CT molecular complexity index is 310. The first-order chi connectivity index (χ1) is 5.81. The molecule has 1 rings (SSSR count). The van der Waals surface area contributed by atoms with E-state index in [1.807, 2.05) is 13.0 Å². The van der Waals surface area contributed by atoms with E-state index in [2.05, 4.69) is 10.9 Å². The van der Waals surface area contributed by atoms with Crippen molar-refractivity contribution in [2.75, 3.05) is 0 Å². The van der Waals surface area contributed by atoms with Crippen LogP contribution in [0.3, 0.4) is 0 Å². The first kappa shape index (κ1) is 8.76. The van der Waals surface area contributed by atoms with Crippen LogP contribution in [0.25, 0.3) is 0 Å². The number of hydrogen-bond donors (Lipinski definition) is 1. The van der Waals surface area contributed by atoms with E-state index >= 15 is 0 Å².